The number of nitrogens with one attached hydrogen (secondary N) is 2. The molecule has 0 aromatic heterocycles. The summed E-state index contributed by atoms with van der Waals surface area (Å²) in [6.07, 6.45) is 2.22. The Labute approximate surface area is 68.2 Å². The zero-order chi connectivity index (χ0) is 8.10. The average Bonchev–Trinajstić information content (AvgIpc) is 2.37. The van der Waals surface area contributed by atoms with Gasteiger partial charge in [0.1, 0.15) is 0 Å². The number of unbranched alkanes of at least 4 members (excludes halogenated alkanes) is 1. The lowest BCUT2D eigenvalue weighted by molar-refractivity contribution is 0.163. The van der Waals surface area contributed by atoms with Crippen molar-refractivity contribution in [2.45, 2.75) is 31.9 Å². The molecule has 0 saturated carbocycles. The van der Waals surface area contributed by atoms with Gasteiger partial charge in [0, 0.05) is 19.1 Å². The number of aliphatic hydroxyl groups excluding tert-OH is 1. The molecule has 1 aliphatic rings. The summed E-state index contributed by atoms with van der Waals surface area (Å²) in [7, 11) is 0. The van der Waals surface area contributed by atoms with Gasteiger partial charge in [0.15, 0.2) is 0 Å². The normalized spacial score (nSPS) is 31.1. The van der Waals surface area contributed by atoms with Crippen molar-refractivity contribution in [3.8, 4) is 0 Å². The largest absolute Gasteiger partial charge is 0.390 e. The van der Waals surface area contributed by atoms with E-state index in [4.69, 9.17) is 0 Å². The maximum absolute atomic E-state index is 9.36. The van der Waals surface area contributed by atoms with E-state index in [9.17, 15) is 5.11 Å². The van der Waals surface area contributed by atoms with Gasteiger partial charge in [-0.25, -0.2) is 0 Å². The van der Waals surface area contributed by atoms with Crippen LogP contribution in [0, 0.1) is 0 Å². The van der Waals surface area contributed by atoms with E-state index in [1.54, 1.807) is 0 Å². The molecule has 1 aliphatic heterocycles. The molecule has 0 aromatic rings. The Bertz CT molecular complexity index is 108. The van der Waals surface area contributed by atoms with Gasteiger partial charge in [0.2, 0.25) is 0 Å². The summed E-state index contributed by atoms with van der Waals surface area (Å²) in [5, 5.41) is 15.8. The van der Waals surface area contributed by atoms with Crippen molar-refractivity contribution in [2.24, 2.45) is 0 Å². The maximum atomic E-state index is 9.36. The van der Waals surface area contributed by atoms with Gasteiger partial charge in [-0.15, -0.1) is 0 Å². The van der Waals surface area contributed by atoms with E-state index in [1.807, 2.05) is 0 Å². The zero-order valence-electron chi connectivity index (χ0n) is 7.14. The van der Waals surface area contributed by atoms with Crippen LogP contribution in [0.5, 0.6) is 0 Å². The van der Waals surface area contributed by atoms with Crippen LogP contribution < -0.4 is 10.6 Å². The third-order valence-corrected chi connectivity index (χ3v) is 2.12. The number of rotatable bonds is 4. The van der Waals surface area contributed by atoms with E-state index < -0.39 is 0 Å². The van der Waals surface area contributed by atoms with E-state index >= 15 is 0 Å². The summed E-state index contributed by atoms with van der Waals surface area (Å²) in [5.74, 6) is 0. The fourth-order valence-corrected chi connectivity index (χ4v) is 1.34. The molecule has 0 amide bonds. The van der Waals surface area contributed by atoms with Gasteiger partial charge in [-0.3, -0.25) is 0 Å². The van der Waals surface area contributed by atoms with Crippen molar-refractivity contribution in [1.29, 1.82) is 0 Å². The number of hydrogen-bond acceptors (Lipinski definition) is 3. The highest BCUT2D eigenvalue weighted by atomic mass is 16.3. The zero-order valence-corrected chi connectivity index (χ0v) is 7.14. The molecule has 1 rings (SSSR count). The fraction of sp³-hybridized carbons (Fsp3) is 1.00. The second-order valence-electron chi connectivity index (χ2n) is 3.14. The Hall–Kier alpha value is -0.120. The van der Waals surface area contributed by atoms with Crippen molar-refractivity contribution in [1.82, 2.24) is 10.6 Å². The van der Waals surface area contributed by atoms with Crippen LogP contribution in [-0.4, -0.2) is 36.9 Å². The van der Waals surface area contributed by atoms with Crippen LogP contribution >= 0.6 is 0 Å². The van der Waals surface area contributed by atoms with Crippen LogP contribution in [0.15, 0.2) is 0 Å². The lowest BCUT2D eigenvalue weighted by Gasteiger charge is -2.14. The summed E-state index contributed by atoms with van der Waals surface area (Å²) in [4.78, 5) is 0. The van der Waals surface area contributed by atoms with Crippen LogP contribution in [0.2, 0.25) is 0 Å². The summed E-state index contributed by atoms with van der Waals surface area (Å²) in [6.45, 7) is 4.85. The van der Waals surface area contributed by atoms with Gasteiger partial charge in [0.05, 0.1) is 6.10 Å². The standard InChI is InChI=1S/C8H18N2O/c1-2-3-4-10-7-5-9-6-8(7)11/h7-11H,2-6H2,1H3/t7-,8-/m1/s1. The molecule has 11 heavy (non-hydrogen) atoms. The Balaban J connectivity index is 2.05. The van der Waals surface area contributed by atoms with Crippen LogP contribution in [-0.2, 0) is 0 Å². The fourth-order valence-electron chi connectivity index (χ4n) is 1.34. The monoisotopic (exact) mass is 158 g/mol. The molecular formula is C8H18N2O. The first-order valence-electron chi connectivity index (χ1n) is 4.46. The summed E-state index contributed by atoms with van der Waals surface area (Å²) in [6, 6.07) is 0.279. The van der Waals surface area contributed by atoms with E-state index in [2.05, 4.69) is 17.6 Å². The second-order valence-corrected chi connectivity index (χ2v) is 3.14. The average molecular weight is 158 g/mol. The van der Waals surface area contributed by atoms with Gasteiger partial charge < -0.3 is 15.7 Å². The van der Waals surface area contributed by atoms with Gasteiger partial charge >= 0.3 is 0 Å². The molecule has 66 valence electrons. The Morgan fingerprint density at radius 3 is 2.91 bits per heavy atom. The molecular weight excluding hydrogens is 140 g/mol. The molecule has 0 spiro atoms. The SMILES string of the molecule is CCCCN[C@@H]1CNC[C@H]1O. The minimum atomic E-state index is -0.188. The van der Waals surface area contributed by atoms with E-state index in [0.29, 0.717) is 0 Å². The van der Waals surface area contributed by atoms with Gasteiger partial charge in [-0.2, -0.15) is 0 Å². The first-order valence-corrected chi connectivity index (χ1v) is 4.46. The van der Waals surface area contributed by atoms with Crippen LogP contribution in [0.25, 0.3) is 0 Å². The first kappa shape index (κ1) is 8.97. The second kappa shape index (κ2) is 4.70. The summed E-state index contributed by atoms with van der Waals surface area (Å²) < 4.78 is 0. The predicted molar refractivity (Wildman–Crippen MR) is 45.6 cm³/mol. The van der Waals surface area contributed by atoms with E-state index in [-0.39, 0.29) is 12.1 Å². The van der Waals surface area contributed by atoms with Crippen molar-refractivity contribution in [3.05, 3.63) is 0 Å². The molecule has 1 fully saturated rings. The molecule has 0 radical (unpaired) electrons. The molecule has 1 saturated heterocycles. The van der Waals surface area contributed by atoms with Crippen molar-refractivity contribution < 1.29 is 5.11 Å². The number of aliphatic hydroxyl groups is 1. The maximum Gasteiger partial charge on any atom is 0.0829 e. The quantitative estimate of drug-likeness (QED) is 0.493. The smallest absolute Gasteiger partial charge is 0.0829 e. The van der Waals surface area contributed by atoms with Gasteiger partial charge in [-0.05, 0) is 13.0 Å². The van der Waals surface area contributed by atoms with Crippen LogP contribution in [0.3, 0.4) is 0 Å². The minimum absolute atomic E-state index is 0.188. The van der Waals surface area contributed by atoms with Crippen molar-refractivity contribution >= 4 is 0 Å². The molecule has 3 nitrogen and oxygen atoms in total. The van der Waals surface area contributed by atoms with Crippen LogP contribution in [0.1, 0.15) is 19.8 Å². The lowest BCUT2D eigenvalue weighted by atomic mass is 10.2. The highest BCUT2D eigenvalue weighted by molar-refractivity contribution is 4.85. The number of β-amino-alcohol motifs (C(OH)–C–C–N with tert-alkyl or cyclic N) is 1. The van der Waals surface area contributed by atoms with Gasteiger partial charge in [0.25, 0.3) is 0 Å². The van der Waals surface area contributed by atoms with Gasteiger partial charge in [-0.1, -0.05) is 13.3 Å². The third-order valence-electron chi connectivity index (χ3n) is 2.12. The summed E-state index contributed by atoms with van der Waals surface area (Å²) in [5.41, 5.74) is 0. The molecule has 3 N–H and O–H groups in total. The molecule has 3 heteroatoms. The number of hydrogen-bond donors (Lipinski definition) is 3. The highest BCUT2D eigenvalue weighted by Gasteiger charge is 2.23. The molecule has 0 unspecified atom stereocenters. The Morgan fingerprint density at radius 1 is 1.55 bits per heavy atom. The molecule has 2 atom stereocenters. The highest BCUT2D eigenvalue weighted by Crippen LogP contribution is 1.98. The molecule has 0 aromatic carbocycles. The van der Waals surface area contributed by atoms with Crippen molar-refractivity contribution in [2.75, 3.05) is 19.6 Å². The predicted octanol–water partition coefficient (Wildman–Crippen LogP) is -0.291. The van der Waals surface area contributed by atoms with E-state index in [1.165, 1.54) is 12.8 Å². The summed E-state index contributed by atoms with van der Waals surface area (Å²) >= 11 is 0. The van der Waals surface area contributed by atoms with Crippen LogP contribution in [0.4, 0.5) is 0 Å². The minimum Gasteiger partial charge on any atom is -0.390 e. The Kier molecular flexibility index (Phi) is 3.83. The third kappa shape index (κ3) is 2.77. The first-order chi connectivity index (χ1) is 5.34. The van der Waals surface area contributed by atoms with E-state index in [0.717, 1.165) is 19.6 Å². The Morgan fingerprint density at radius 2 is 2.36 bits per heavy atom. The topological polar surface area (TPSA) is 44.3 Å². The molecule has 0 aliphatic carbocycles. The lowest BCUT2D eigenvalue weighted by Crippen LogP contribution is -2.39. The molecule has 1 heterocycles. The molecule has 0 bridgehead atoms. The van der Waals surface area contributed by atoms with Crippen molar-refractivity contribution in [3.63, 3.8) is 0 Å².